The van der Waals surface area contributed by atoms with Crippen molar-refractivity contribution in [1.29, 1.82) is 0 Å². The molecule has 0 N–H and O–H groups in total. The molecule has 0 saturated heterocycles. The molecule has 2 rings (SSSR count). The smallest absolute Gasteiger partial charge is 0.130 e. The minimum absolute atomic E-state index is 1.01. The van der Waals surface area contributed by atoms with Gasteiger partial charge in [-0.05, 0) is 61.1 Å². The summed E-state index contributed by atoms with van der Waals surface area (Å²) in [6, 6.07) is 12.7. The van der Waals surface area contributed by atoms with Crippen LogP contribution in [0.15, 0.2) is 36.4 Å². The van der Waals surface area contributed by atoms with Crippen molar-refractivity contribution in [2.45, 2.75) is 53.4 Å². The maximum atomic E-state index is 6.31. The summed E-state index contributed by atoms with van der Waals surface area (Å²) in [5.41, 5.74) is 5.31. The van der Waals surface area contributed by atoms with Gasteiger partial charge in [-0.25, -0.2) is 0 Å². The van der Waals surface area contributed by atoms with Gasteiger partial charge in [0.25, 0.3) is 0 Å². The van der Waals surface area contributed by atoms with E-state index >= 15 is 0 Å². The summed E-state index contributed by atoms with van der Waals surface area (Å²) in [7, 11) is 0. The fourth-order valence-electron chi connectivity index (χ4n) is 2.80. The van der Waals surface area contributed by atoms with Crippen molar-refractivity contribution in [2.24, 2.45) is 0 Å². The Bertz CT molecular complexity index is 545. The zero-order valence-corrected chi connectivity index (χ0v) is 13.7. The van der Waals surface area contributed by atoms with Gasteiger partial charge >= 0.3 is 0 Å². The molecule has 21 heavy (non-hydrogen) atoms. The molecule has 0 radical (unpaired) electrons. The SMILES string of the molecule is CCCc1c(C)cccc1Oc1cccc(C)c1CCC. The molecule has 0 aliphatic heterocycles. The molecule has 0 fully saturated rings. The molecule has 112 valence electrons. The van der Waals surface area contributed by atoms with Crippen LogP contribution in [0.2, 0.25) is 0 Å². The molecule has 0 saturated carbocycles. The number of ether oxygens (including phenoxy) is 1. The standard InChI is InChI=1S/C20H26O/c1-5-9-17-15(3)11-7-13-19(17)21-20-14-8-12-16(4)18(20)10-6-2/h7-8,11-14H,5-6,9-10H2,1-4H3. The quantitative estimate of drug-likeness (QED) is 0.631. The minimum Gasteiger partial charge on any atom is -0.457 e. The van der Waals surface area contributed by atoms with Crippen molar-refractivity contribution >= 4 is 0 Å². The van der Waals surface area contributed by atoms with Crippen LogP contribution in [0.4, 0.5) is 0 Å². The molecule has 0 spiro atoms. The van der Waals surface area contributed by atoms with E-state index in [2.05, 4.69) is 64.1 Å². The van der Waals surface area contributed by atoms with Gasteiger partial charge in [0.05, 0.1) is 0 Å². The molecule has 0 aliphatic carbocycles. The molecule has 0 aromatic heterocycles. The van der Waals surface area contributed by atoms with Crippen LogP contribution < -0.4 is 4.74 Å². The predicted octanol–water partition coefficient (Wildman–Crippen LogP) is 6.00. The van der Waals surface area contributed by atoms with Gasteiger partial charge in [-0.3, -0.25) is 0 Å². The van der Waals surface area contributed by atoms with Gasteiger partial charge in [-0.1, -0.05) is 51.0 Å². The Labute approximate surface area is 129 Å². The van der Waals surface area contributed by atoms with E-state index in [1.807, 2.05) is 0 Å². The van der Waals surface area contributed by atoms with E-state index in [4.69, 9.17) is 4.74 Å². The Morgan fingerprint density at radius 3 is 1.52 bits per heavy atom. The van der Waals surface area contributed by atoms with Gasteiger partial charge in [0, 0.05) is 0 Å². The topological polar surface area (TPSA) is 9.23 Å². The van der Waals surface area contributed by atoms with Crippen molar-refractivity contribution in [2.75, 3.05) is 0 Å². The monoisotopic (exact) mass is 282 g/mol. The second-order valence-electron chi connectivity index (χ2n) is 5.71. The fraction of sp³-hybridized carbons (Fsp3) is 0.400. The Morgan fingerprint density at radius 1 is 0.714 bits per heavy atom. The lowest BCUT2D eigenvalue weighted by molar-refractivity contribution is 0.468. The predicted molar refractivity (Wildman–Crippen MR) is 90.4 cm³/mol. The average molecular weight is 282 g/mol. The third-order valence-corrected chi connectivity index (χ3v) is 3.95. The van der Waals surface area contributed by atoms with Crippen molar-refractivity contribution < 1.29 is 4.74 Å². The first-order valence-corrected chi connectivity index (χ1v) is 8.02. The number of rotatable bonds is 6. The second-order valence-corrected chi connectivity index (χ2v) is 5.71. The van der Waals surface area contributed by atoms with Gasteiger partial charge in [0.2, 0.25) is 0 Å². The molecule has 0 amide bonds. The summed E-state index contributed by atoms with van der Waals surface area (Å²) < 4.78 is 6.31. The summed E-state index contributed by atoms with van der Waals surface area (Å²) in [4.78, 5) is 0. The van der Waals surface area contributed by atoms with E-state index < -0.39 is 0 Å². The first-order valence-electron chi connectivity index (χ1n) is 8.02. The van der Waals surface area contributed by atoms with Gasteiger partial charge in [0.1, 0.15) is 11.5 Å². The third-order valence-electron chi connectivity index (χ3n) is 3.95. The van der Waals surface area contributed by atoms with Crippen LogP contribution in [0.3, 0.4) is 0 Å². The van der Waals surface area contributed by atoms with Crippen LogP contribution in [-0.4, -0.2) is 0 Å². The van der Waals surface area contributed by atoms with E-state index in [1.165, 1.54) is 22.3 Å². The maximum Gasteiger partial charge on any atom is 0.130 e. The zero-order valence-electron chi connectivity index (χ0n) is 13.7. The normalized spacial score (nSPS) is 10.7. The Hall–Kier alpha value is -1.76. The van der Waals surface area contributed by atoms with Crippen molar-refractivity contribution in [3.05, 3.63) is 58.7 Å². The molecule has 0 heterocycles. The molecular weight excluding hydrogens is 256 g/mol. The van der Waals surface area contributed by atoms with Gasteiger partial charge in [-0.15, -0.1) is 0 Å². The van der Waals surface area contributed by atoms with E-state index in [-0.39, 0.29) is 0 Å². The van der Waals surface area contributed by atoms with Crippen molar-refractivity contribution in [1.82, 2.24) is 0 Å². The number of hydrogen-bond acceptors (Lipinski definition) is 1. The highest BCUT2D eigenvalue weighted by molar-refractivity contribution is 5.46. The van der Waals surface area contributed by atoms with E-state index in [0.717, 1.165) is 37.2 Å². The van der Waals surface area contributed by atoms with Crippen LogP contribution in [-0.2, 0) is 12.8 Å². The summed E-state index contributed by atoms with van der Waals surface area (Å²) >= 11 is 0. The van der Waals surface area contributed by atoms with Crippen LogP contribution in [0, 0.1) is 13.8 Å². The number of benzene rings is 2. The zero-order chi connectivity index (χ0) is 15.2. The van der Waals surface area contributed by atoms with E-state index in [1.54, 1.807) is 0 Å². The van der Waals surface area contributed by atoms with Crippen LogP contribution >= 0.6 is 0 Å². The van der Waals surface area contributed by atoms with E-state index in [9.17, 15) is 0 Å². The third kappa shape index (κ3) is 3.66. The van der Waals surface area contributed by atoms with Gasteiger partial charge in [0.15, 0.2) is 0 Å². The second kappa shape index (κ2) is 7.31. The molecule has 1 heteroatoms. The lowest BCUT2D eigenvalue weighted by Crippen LogP contribution is -1.98. The summed E-state index contributed by atoms with van der Waals surface area (Å²) in [5, 5.41) is 0. The highest BCUT2D eigenvalue weighted by Gasteiger charge is 2.11. The largest absolute Gasteiger partial charge is 0.457 e. The lowest BCUT2D eigenvalue weighted by atomic mass is 10.0. The summed E-state index contributed by atoms with van der Waals surface area (Å²) in [5.74, 6) is 2.03. The molecular formula is C20H26O. The average Bonchev–Trinajstić information content (AvgIpc) is 2.46. The maximum absolute atomic E-state index is 6.31. The highest BCUT2D eigenvalue weighted by Crippen LogP contribution is 2.32. The molecule has 0 aliphatic rings. The molecule has 0 bridgehead atoms. The summed E-state index contributed by atoms with van der Waals surface area (Å²) in [6.07, 6.45) is 4.40. The fourth-order valence-corrected chi connectivity index (χ4v) is 2.80. The highest BCUT2D eigenvalue weighted by atomic mass is 16.5. The molecule has 1 nitrogen and oxygen atoms in total. The Balaban J connectivity index is 2.39. The van der Waals surface area contributed by atoms with Gasteiger partial charge in [-0.2, -0.15) is 0 Å². The number of hydrogen-bond donors (Lipinski definition) is 0. The Morgan fingerprint density at radius 2 is 1.14 bits per heavy atom. The molecule has 2 aromatic carbocycles. The van der Waals surface area contributed by atoms with E-state index in [0.29, 0.717) is 0 Å². The van der Waals surface area contributed by atoms with Crippen molar-refractivity contribution in [3.8, 4) is 11.5 Å². The van der Waals surface area contributed by atoms with Crippen LogP contribution in [0.5, 0.6) is 11.5 Å². The molecule has 2 aromatic rings. The molecule has 0 atom stereocenters. The molecule has 0 unspecified atom stereocenters. The first kappa shape index (κ1) is 15.6. The van der Waals surface area contributed by atoms with Crippen LogP contribution in [0.1, 0.15) is 48.9 Å². The first-order chi connectivity index (χ1) is 10.2. The number of aryl methyl sites for hydroxylation is 2. The lowest BCUT2D eigenvalue weighted by Gasteiger charge is -2.17. The van der Waals surface area contributed by atoms with Crippen molar-refractivity contribution in [3.63, 3.8) is 0 Å². The minimum atomic E-state index is 1.01. The summed E-state index contributed by atoms with van der Waals surface area (Å²) in [6.45, 7) is 8.76. The van der Waals surface area contributed by atoms with Crippen LogP contribution in [0.25, 0.3) is 0 Å². The van der Waals surface area contributed by atoms with Gasteiger partial charge < -0.3 is 4.74 Å². The Kier molecular flexibility index (Phi) is 5.44.